The first-order valence-electron chi connectivity index (χ1n) is 4.17. The fourth-order valence-electron chi connectivity index (χ4n) is 1.04. The predicted octanol–water partition coefficient (Wildman–Crippen LogP) is 2.01. The van der Waals surface area contributed by atoms with Crippen LogP contribution in [0, 0.1) is 23.0 Å². The van der Waals surface area contributed by atoms with Gasteiger partial charge in [-0.2, -0.15) is 5.26 Å². The molecule has 0 saturated heterocycles. The molecule has 5 heteroatoms. The van der Waals surface area contributed by atoms with Crippen LogP contribution in [0.15, 0.2) is 12.1 Å². The van der Waals surface area contributed by atoms with Crippen molar-refractivity contribution in [3.63, 3.8) is 0 Å². The van der Waals surface area contributed by atoms with Gasteiger partial charge < -0.3 is 4.74 Å². The molecule has 0 amide bonds. The lowest BCUT2D eigenvalue weighted by atomic mass is 10.1. The molecule has 0 N–H and O–H groups in total. The molecule has 0 aliphatic heterocycles. The monoisotopic (exact) mass is 211 g/mol. The molecule has 0 spiro atoms. The van der Waals surface area contributed by atoms with Crippen LogP contribution in [0.3, 0.4) is 0 Å². The highest BCUT2D eigenvalue weighted by atomic mass is 19.2. The normalized spacial score (nSPS) is 9.47. The SMILES string of the molecule is CCOC(=O)c1ccc(F)c(F)c1C#N. The van der Waals surface area contributed by atoms with Gasteiger partial charge in [0, 0.05) is 0 Å². The Morgan fingerprint density at radius 2 is 2.20 bits per heavy atom. The van der Waals surface area contributed by atoms with E-state index in [1.165, 1.54) is 6.07 Å². The van der Waals surface area contributed by atoms with Crippen molar-refractivity contribution in [3.05, 3.63) is 34.9 Å². The molecule has 0 aromatic heterocycles. The number of carbonyl (C=O) groups excluding carboxylic acids is 1. The maximum atomic E-state index is 13.1. The van der Waals surface area contributed by atoms with Crippen LogP contribution in [-0.4, -0.2) is 12.6 Å². The zero-order valence-electron chi connectivity index (χ0n) is 7.88. The van der Waals surface area contributed by atoms with Gasteiger partial charge in [-0.1, -0.05) is 0 Å². The van der Waals surface area contributed by atoms with E-state index in [9.17, 15) is 13.6 Å². The van der Waals surface area contributed by atoms with Crippen molar-refractivity contribution in [2.24, 2.45) is 0 Å². The fraction of sp³-hybridized carbons (Fsp3) is 0.200. The molecule has 0 saturated carbocycles. The van der Waals surface area contributed by atoms with Gasteiger partial charge in [0.2, 0.25) is 0 Å². The Morgan fingerprint density at radius 1 is 1.53 bits per heavy atom. The lowest BCUT2D eigenvalue weighted by Gasteiger charge is -2.04. The number of nitrogens with zero attached hydrogens (tertiary/aromatic N) is 1. The predicted molar refractivity (Wildman–Crippen MR) is 47.0 cm³/mol. The zero-order valence-corrected chi connectivity index (χ0v) is 7.88. The molecule has 0 bridgehead atoms. The number of nitriles is 1. The summed E-state index contributed by atoms with van der Waals surface area (Å²) in [6, 6.07) is 3.23. The summed E-state index contributed by atoms with van der Waals surface area (Å²) in [6.45, 7) is 1.67. The highest BCUT2D eigenvalue weighted by molar-refractivity contribution is 5.92. The molecule has 0 unspecified atom stereocenters. The summed E-state index contributed by atoms with van der Waals surface area (Å²) < 4.78 is 30.4. The Hall–Kier alpha value is -1.96. The Morgan fingerprint density at radius 3 is 2.73 bits per heavy atom. The molecule has 1 aromatic carbocycles. The second-order valence-corrected chi connectivity index (χ2v) is 2.62. The fourth-order valence-corrected chi connectivity index (χ4v) is 1.04. The second-order valence-electron chi connectivity index (χ2n) is 2.62. The Labute approximate surface area is 84.9 Å². The van der Waals surface area contributed by atoms with Crippen LogP contribution in [0.5, 0.6) is 0 Å². The number of ether oxygens (including phenoxy) is 1. The van der Waals surface area contributed by atoms with Crippen LogP contribution in [0.2, 0.25) is 0 Å². The number of hydrogen-bond donors (Lipinski definition) is 0. The minimum Gasteiger partial charge on any atom is -0.462 e. The maximum Gasteiger partial charge on any atom is 0.339 e. The number of esters is 1. The molecular weight excluding hydrogens is 204 g/mol. The molecule has 1 aromatic rings. The molecule has 1 rings (SSSR count). The van der Waals surface area contributed by atoms with Crippen LogP contribution in [0.25, 0.3) is 0 Å². The molecule has 15 heavy (non-hydrogen) atoms. The van der Waals surface area contributed by atoms with E-state index < -0.39 is 23.2 Å². The van der Waals surface area contributed by atoms with Gasteiger partial charge in [-0.25, -0.2) is 13.6 Å². The van der Waals surface area contributed by atoms with E-state index in [2.05, 4.69) is 4.74 Å². The summed E-state index contributed by atoms with van der Waals surface area (Å²) in [5.74, 6) is -3.34. The first-order valence-corrected chi connectivity index (χ1v) is 4.17. The highest BCUT2D eigenvalue weighted by Gasteiger charge is 2.19. The number of rotatable bonds is 2. The molecule has 0 radical (unpaired) electrons. The molecule has 3 nitrogen and oxygen atoms in total. The summed E-state index contributed by atoms with van der Waals surface area (Å²) in [5.41, 5.74) is -0.897. The lowest BCUT2D eigenvalue weighted by molar-refractivity contribution is 0.0525. The molecule has 0 aliphatic carbocycles. The average Bonchev–Trinajstić information content (AvgIpc) is 2.22. The van der Waals surface area contributed by atoms with E-state index in [-0.39, 0.29) is 12.2 Å². The molecular formula is C10H7F2NO2. The molecule has 0 aliphatic rings. The summed E-state index contributed by atoms with van der Waals surface area (Å²) in [4.78, 5) is 11.2. The van der Waals surface area contributed by atoms with Gasteiger partial charge in [0.05, 0.1) is 12.2 Å². The average molecular weight is 211 g/mol. The number of hydrogen-bond acceptors (Lipinski definition) is 3. The van der Waals surface area contributed by atoms with E-state index in [1.807, 2.05) is 0 Å². The third-order valence-corrected chi connectivity index (χ3v) is 1.70. The van der Waals surface area contributed by atoms with E-state index in [1.54, 1.807) is 6.92 Å². The molecule has 0 atom stereocenters. The van der Waals surface area contributed by atoms with Gasteiger partial charge in [-0.15, -0.1) is 0 Å². The van der Waals surface area contributed by atoms with Crippen LogP contribution in [-0.2, 0) is 4.74 Å². The van der Waals surface area contributed by atoms with E-state index >= 15 is 0 Å². The summed E-state index contributed by atoms with van der Waals surface area (Å²) in [5, 5.41) is 8.58. The third-order valence-electron chi connectivity index (χ3n) is 1.70. The Bertz CT molecular complexity index is 438. The number of benzene rings is 1. The minimum absolute atomic E-state index is 0.0999. The molecule has 78 valence electrons. The van der Waals surface area contributed by atoms with Crippen molar-refractivity contribution >= 4 is 5.97 Å². The summed E-state index contributed by atoms with van der Waals surface area (Å²) >= 11 is 0. The van der Waals surface area contributed by atoms with Crippen molar-refractivity contribution in [3.8, 4) is 6.07 Å². The Kier molecular flexibility index (Phi) is 3.34. The van der Waals surface area contributed by atoms with Crippen molar-refractivity contribution < 1.29 is 18.3 Å². The Balaban J connectivity index is 3.26. The molecule has 0 fully saturated rings. The number of halogens is 2. The standard InChI is InChI=1S/C10H7F2NO2/c1-2-15-10(14)6-3-4-8(11)9(12)7(6)5-13/h3-4H,2H2,1H3. The van der Waals surface area contributed by atoms with Crippen molar-refractivity contribution in [1.82, 2.24) is 0 Å². The van der Waals surface area contributed by atoms with Gasteiger partial charge in [-0.05, 0) is 19.1 Å². The zero-order chi connectivity index (χ0) is 11.4. The second kappa shape index (κ2) is 4.51. The van der Waals surface area contributed by atoms with E-state index in [4.69, 9.17) is 5.26 Å². The summed E-state index contributed by atoms with van der Waals surface area (Å²) in [6.07, 6.45) is 0. The maximum absolute atomic E-state index is 13.1. The largest absolute Gasteiger partial charge is 0.462 e. The van der Waals surface area contributed by atoms with Crippen molar-refractivity contribution in [2.75, 3.05) is 6.61 Å². The van der Waals surface area contributed by atoms with Gasteiger partial charge in [0.25, 0.3) is 0 Å². The highest BCUT2D eigenvalue weighted by Crippen LogP contribution is 2.16. The van der Waals surface area contributed by atoms with E-state index in [0.717, 1.165) is 12.1 Å². The van der Waals surface area contributed by atoms with Gasteiger partial charge in [-0.3, -0.25) is 0 Å². The first-order chi connectivity index (χ1) is 7.11. The van der Waals surface area contributed by atoms with Crippen LogP contribution >= 0.6 is 0 Å². The van der Waals surface area contributed by atoms with Crippen molar-refractivity contribution in [1.29, 1.82) is 5.26 Å². The quantitative estimate of drug-likeness (QED) is 0.703. The van der Waals surface area contributed by atoms with Crippen LogP contribution < -0.4 is 0 Å². The van der Waals surface area contributed by atoms with Gasteiger partial charge in [0.1, 0.15) is 11.6 Å². The topological polar surface area (TPSA) is 50.1 Å². The number of carbonyl (C=O) groups is 1. The summed E-state index contributed by atoms with van der Waals surface area (Å²) in [7, 11) is 0. The molecule has 0 heterocycles. The van der Waals surface area contributed by atoms with Crippen molar-refractivity contribution in [2.45, 2.75) is 6.92 Å². The van der Waals surface area contributed by atoms with Gasteiger partial charge >= 0.3 is 5.97 Å². The third kappa shape index (κ3) is 2.10. The van der Waals surface area contributed by atoms with E-state index in [0.29, 0.717) is 0 Å². The minimum atomic E-state index is -1.33. The first kappa shape index (κ1) is 11.1. The van der Waals surface area contributed by atoms with Crippen LogP contribution in [0.4, 0.5) is 8.78 Å². The van der Waals surface area contributed by atoms with Crippen LogP contribution in [0.1, 0.15) is 22.8 Å². The smallest absolute Gasteiger partial charge is 0.339 e. The van der Waals surface area contributed by atoms with Gasteiger partial charge in [0.15, 0.2) is 11.6 Å². The lowest BCUT2D eigenvalue weighted by Crippen LogP contribution is -2.09.